The smallest absolute Gasteiger partial charge is 0.339 e. The van der Waals surface area contributed by atoms with Crippen molar-refractivity contribution in [3.63, 3.8) is 0 Å². The summed E-state index contributed by atoms with van der Waals surface area (Å²) in [6.45, 7) is -3.38. The first kappa shape index (κ1) is 6.00. The van der Waals surface area contributed by atoms with E-state index in [0.29, 0.717) is 0 Å². The maximum Gasteiger partial charge on any atom is 0.339 e. The van der Waals surface area contributed by atoms with E-state index in [4.69, 9.17) is 13.0 Å². The Balaban J connectivity index is 2.67. The van der Waals surface area contributed by atoms with Gasteiger partial charge in [-0.05, 0) is 19.6 Å². The molecule has 0 unspecified atom stereocenters. The van der Waals surface area contributed by atoms with Gasteiger partial charge < -0.3 is 15.2 Å². The van der Waals surface area contributed by atoms with Gasteiger partial charge in [0.1, 0.15) is 0 Å². The van der Waals surface area contributed by atoms with Gasteiger partial charge in [-0.3, -0.25) is 4.79 Å². The highest BCUT2D eigenvalue weighted by molar-refractivity contribution is 6.01. The molecular weight excluding hydrogens is 210 g/mol. The zero-order valence-electron chi connectivity index (χ0n) is 14.9. The molecule has 2 saturated heterocycles. The molecular formula is C11H17NO4. The van der Waals surface area contributed by atoms with Crippen LogP contribution >= 0.6 is 0 Å². The van der Waals surface area contributed by atoms with Crippen molar-refractivity contribution in [2.75, 3.05) is 0 Å². The van der Waals surface area contributed by atoms with Gasteiger partial charge in [-0.2, -0.15) is 0 Å². The van der Waals surface area contributed by atoms with Gasteiger partial charge in [-0.1, -0.05) is 13.8 Å². The second-order valence-electron chi connectivity index (χ2n) is 4.61. The lowest BCUT2D eigenvalue weighted by atomic mass is 9.71. The van der Waals surface area contributed by atoms with E-state index in [-0.39, 0.29) is 0 Å². The van der Waals surface area contributed by atoms with Crippen LogP contribution in [0.25, 0.3) is 0 Å². The Morgan fingerprint density at radius 1 is 1.50 bits per heavy atom. The number of fused-ring (bicyclic) bond motifs is 1. The molecule has 2 aliphatic heterocycles. The second kappa shape index (κ2) is 2.97. The fraction of sp³-hybridized carbons (Fsp3) is 0.818. The van der Waals surface area contributed by atoms with Crippen molar-refractivity contribution in [3.05, 3.63) is 0 Å². The lowest BCUT2D eigenvalue weighted by molar-refractivity contribution is -0.213. The number of esters is 1. The maximum atomic E-state index is 12.4. The zero-order valence-corrected chi connectivity index (χ0v) is 8.90. The minimum absolute atomic E-state index is 0.528. The van der Waals surface area contributed by atoms with Crippen LogP contribution in [0.15, 0.2) is 0 Å². The number of aliphatic hydroxyl groups is 1. The molecule has 0 aliphatic carbocycles. The van der Waals surface area contributed by atoms with Crippen molar-refractivity contribution in [2.24, 2.45) is 11.3 Å². The minimum atomic E-state index is -3.24. The van der Waals surface area contributed by atoms with Gasteiger partial charge in [-0.25, -0.2) is 4.79 Å². The molecule has 2 aliphatic rings. The number of hydrogen-bond donors (Lipinski definition) is 2. The second-order valence-corrected chi connectivity index (χ2v) is 4.61. The molecule has 90 valence electrons. The van der Waals surface area contributed by atoms with Gasteiger partial charge in [0.25, 0.3) is 0 Å². The lowest BCUT2D eigenvalue weighted by Crippen LogP contribution is -2.74. The van der Waals surface area contributed by atoms with Crippen molar-refractivity contribution in [3.8, 4) is 0 Å². The van der Waals surface area contributed by atoms with Crippen LogP contribution in [0.1, 0.15) is 35.8 Å². The van der Waals surface area contributed by atoms with Gasteiger partial charge in [0.2, 0.25) is 11.4 Å². The first-order valence-corrected chi connectivity index (χ1v) is 4.96. The van der Waals surface area contributed by atoms with E-state index in [2.05, 4.69) is 5.32 Å². The highest BCUT2D eigenvalue weighted by atomic mass is 16.6. The Morgan fingerprint density at radius 3 is 2.56 bits per heavy atom. The number of hydrogen-bond acceptors (Lipinski definition) is 4. The SMILES string of the molecule is [2H]C([2H])([2H])C1(C([2H])([2H])[2H])C(=O)N[C@@]2([C@@H](O)C(C)C)C(=O)O[C@@H]12. The van der Waals surface area contributed by atoms with Crippen LogP contribution in [-0.2, 0) is 14.3 Å². The standard InChI is InChI=1S/C11H17NO4/c1-5(2)6(13)11-7(16-9(11)15)10(3,4)8(14)12-11/h5-7,13H,1-4H3,(H,12,14)/t6-,7-,11+/m0/s1/i3D3,4D3. The molecule has 5 heteroatoms. The molecule has 2 fully saturated rings. The molecule has 3 atom stereocenters. The molecule has 0 radical (unpaired) electrons. The van der Waals surface area contributed by atoms with Crippen LogP contribution in [0.4, 0.5) is 0 Å². The van der Waals surface area contributed by atoms with Gasteiger partial charge >= 0.3 is 5.97 Å². The normalized spacial score (nSPS) is 44.6. The molecule has 2 N–H and O–H groups in total. The summed E-state index contributed by atoms with van der Waals surface area (Å²) in [4.78, 5) is 24.3. The van der Waals surface area contributed by atoms with Gasteiger partial charge in [0.05, 0.1) is 11.5 Å². The summed E-state index contributed by atoms with van der Waals surface area (Å²) in [5, 5.41) is 12.4. The highest BCUT2D eigenvalue weighted by Gasteiger charge is 2.74. The first-order chi connectivity index (χ1) is 9.74. The fourth-order valence-corrected chi connectivity index (χ4v) is 2.17. The third-order valence-corrected chi connectivity index (χ3v) is 3.15. The molecule has 2 heterocycles. The third-order valence-electron chi connectivity index (χ3n) is 3.15. The summed E-state index contributed by atoms with van der Waals surface area (Å²) in [5.74, 6) is -2.88. The summed E-state index contributed by atoms with van der Waals surface area (Å²) in [6.07, 6.45) is -3.24. The van der Waals surface area contributed by atoms with E-state index < -0.39 is 54.7 Å². The van der Waals surface area contributed by atoms with Gasteiger partial charge in [0.15, 0.2) is 6.10 Å². The minimum Gasteiger partial charge on any atom is -0.456 e. The predicted octanol–water partition coefficient (Wildman–Crippen LogP) is -0.177. The van der Waals surface area contributed by atoms with Crippen molar-refractivity contribution in [1.82, 2.24) is 5.32 Å². The van der Waals surface area contributed by atoms with Crippen molar-refractivity contribution in [2.45, 2.75) is 45.3 Å². The summed E-state index contributed by atoms with van der Waals surface area (Å²) in [6, 6.07) is 0. The Labute approximate surface area is 103 Å². The number of rotatable bonds is 2. The monoisotopic (exact) mass is 233 g/mol. The molecule has 0 aromatic carbocycles. The van der Waals surface area contributed by atoms with Crippen LogP contribution < -0.4 is 5.32 Å². The molecule has 0 bridgehead atoms. The Kier molecular flexibility index (Phi) is 1.11. The molecule has 0 saturated carbocycles. The molecule has 16 heavy (non-hydrogen) atoms. The van der Waals surface area contributed by atoms with Crippen LogP contribution in [0.2, 0.25) is 0 Å². The lowest BCUT2D eigenvalue weighted by Gasteiger charge is -2.48. The van der Waals surface area contributed by atoms with E-state index in [9.17, 15) is 14.7 Å². The quantitative estimate of drug-likeness (QED) is 0.649. The molecule has 2 rings (SSSR count). The maximum absolute atomic E-state index is 12.4. The van der Waals surface area contributed by atoms with Crippen molar-refractivity contribution >= 4 is 11.9 Å². The summed E-state index contributed by atoms with van der Waals surface area (Å²) in [7, 11) is 0. The zero-order chi connectivity index (χ0) is 17.3. The summed E-state index contributed by atoms with van der Waals surface area (Å²) >= 11 is 0. The van der Waals surface area contributed by atoms with Gasteiger partial charge in [0, 0.05) is 8.22 Å². The predicted molar refractivity (Wildman–Crippen MR) is 55.4 cm³/mol. The number of carbonyl (C=O) groups is 2. The molecule has 0 aromatic rings. The number of aliphatic hydroxyl groups excluding tert-OH is 1. The topological polar surface area (TPSA) is 75.6 Å². The first-order valence-electron chi connectivity index (χ1n) is 7.96. The molecule has 0 spiro atoms. The Bertz CT molecular complexity index is 514. The average Bonchev–Trinajstić information content (AvgIpc) is 2.53. The van der Waals surface area contributed by atoms with E-state index >= 15 is 0 Å². The Hall–Kier alpha value is -1.10. The van der Waals surface area contributed by atoms with Crippen LogP contribution in [-0.4, -0.2) is 34.7 Å². The summed E-state index contributed by atoms with van der Waals surface area (Å²) < 4.78 is 50.1. The van der Waals surface area contributed by atoms with Crippen LogP contribution in [0.5, 0.6) is 0 Å². The van der Waals surface area contributed by atoms with Crippen molar-refractivity contribution in [1.29, 1.82) is 0 Å². The van der Waals surface area contributed by atoms with E-state index in [1.54, 1.807) is 13.8 Å². The fourth-order valence-electron chi connectivity index (χ4n) is 2.17. The molecule has 1 amide bonds. The van der Waals surface area contributed by atoms with Gasteiger partial charge in [-0.15, -0.1) is 0 Å². The summed E-state index contributed by atoms with van der Waals surface area (Å²) in [5.41, 5.74) is -4.93. The van der Waals surface area contributed by atoms with E-state index in [1.165, 1.54) is 0 Å². The number of nitrogens with one attached hydrogen (secondary N) is 1. The van der Waals surface area contributed by atoms with Crippen LogP contribution in [0, 0.1) is 11.3 Å². The van der Waals surface area contributed by atoms with Crippen LogP contribution in [0.3, 0.4) is 0 Å². The van der Waals surface area contributed by atoms with E-state index in [0.717, 1.165) is 0 Å². The van der Waals surface area contributed by atoms with Crippen molar-refractivity contribution < 1.29 is 27.7 Å². The van der Waals surface area contributed by atoms with E-state index in [1.807, 2.05) is 0 Å². The Morgan fingerprint density at radius 2 is 2.12 bits per heavy atom. The highest BCUT2D eigenvalue weighted by Crippen LogP contribution is 2.48. The molecule has 0 aromatic heterocycles. The number of amides is 1. The number of carbonyl (C=O) groups excluding carboxylic acids is 2. The average molecular weight is 233 g/mol. The number of ether oxygens (including phenoxy) is 1. The molecule has 5 nitrogen and oxygen atoms in total. The largest absolute Gasteiger partial charge is 0.456 e. The third kappa shape index (κ3) is 1.04.